The minimum absolute atomic E-state index is 0.00883. The summed E-state index contributed by atoms with van der Waals surface area (Å²) in [6, 6.07) is 6.68. The zero-order valence-corrected chi connectivity index (χ0v) is 13.7. The van der Waals surface area contributed by atoms with Crippen molar-refractivity contribution in [2.24, 2.45) is 0 Å². The van der Waals surface area contributed by atoms with Crippen LogP contribution in [0.4, 0.5) is 0 Å². The highest BCUT2D eigenvalue weighted by molar-refractivity contribution is 5.80. The van der Waals surface area contributed by atoms with E-state index in [-0.39, 0.29) is 36.1 Å². The van der Waals surface area contributed by atoms with Crippen LogP contribution < -0.4 is 11.1 Å². The molecule has 128 valence electrons. The van der Waals surface area contributed by atoms with Gasteiger partial charge in [-0.1, -0.05) is 12.1 Å². The van der Waals surface area contributed by atoms with Crippen molar-refractivity contribution in [3.63, 3.8) is 0 Å². The molecule has 0 saturated carbocycles. The summed E-state index contributed by atoms with van der Waals surface area (Å²) in [6.07, 6.45) is 2.06. The van der Waals surface area contributed by atoms with Crippen LogP contribution in [0, 0.1) is 0 Å². The first-order chi connectivity index (χ1) is 11.6. The summed E-state index contributed by atoms with van der Waals surface area (Å²) in [4.78, 5) is 38.5. The topological polar surface area (TPSA) is 84.4 Å². The third kappa shape index (κ3) is 3.26. The fraction of sp³-hybridized carbons (Fsp3) is 0.471. The SMILES string of the molecule is COC1CCN(C(=O)CCn2[nH]c(=O)c3ccccc3c2=O)CC1. The van der Waals surface area contributed by atoms with Crippen LogP contribution in [-0.4, -0.2) is 46.9 Å². The van der Waals surface area contributed by atoms with Crippen LogP contribution >= 0.6 is 0 Å². The molecule has 1 aliphatic heterocycles. The Hall–Kier alpha value is -2.41. The summed E-state index contributed by atoms with van der Waals surface area (Å²) in [5, 5.41) is 3.29. The highest BCUT2D eigenvalue weighted by atomic mass is 16.5. The second-order valence-electron chi connectivity index (χ2n) is 6.01. The molecule has 1 aromatic heterocycles. The van der Waals surface area contributed by atoms with Gasteiger partial charge in [0.1, 0.15) is 0 Å². The summed E-state index contributed by atoms with van der Waals surface area (Å²) in [6.45, 7) is 1.50. The molecular weight excluding hydrogens is 310 g/mol. The van der Waals surface area contributed by atoms with Crippen molar-refractivity contribution in [1.82, 2.24) is 14.7 Å². The van der Waals surface area contributed by atoms with Gasteiger partial charge in [0.05, 0.1) is 23.4 Å². The number of nitrogens with one attached hydrogen (secondary N) is 1. The van der Waals surface area contributed by atoms with Crippen molar-refractivity contribution in [2.45, 2.75) is 31.9 Å². The molecule has 1 fully saturated rings. The summed E-state index contributed by atoms with van der Waals surface area (Å²) < 4.78 is 6.52. The Morgan fingerprint density at radius 1 is 1.21 bits per heavy atom. The number of carbonyl (C=O) groups excluding carboxylic acids is 1. The number of hydrogen-bond donors (Lipinski definition) is 1. The molecule has 7 heteroatoms. The molecule has 2 aromatic rings. The van der Waals surface area contributed by atoms with Crippen molar-refractivity contribution in [2.75, 3.05) is 20.2 Å². The molecule has 1 aliphatic rings. The van der Waals surface area contributed by atoms with Crippen LogP contribution in [0.3, 0.4) is 0 Å². The summed E-state index contributed by atoms with van der Waals surface area (Å²) in [5.41, 5.74) is -0.602. The number of methoxy groups -OCH3 is 1. The Labute approximate surface area is 138 Å². The third-order valence-corrected chi connectivity index (χ3v) is 4.56. The van der Waals surface area contributed by atoms with Gasteiger partial charge in [-0.3, -0.25) is 19.5 Å². The summed E-state index contributed by atoms with van der Waals surface area (Å²) in [5.74, 6) is -0.00883. The first-order valence-electron chi connectivity index (χ1n) is 8.12. The molecule has 3 rings (SSSR count). The number of aryl methyl sites for hydroxylation is 1. The number of rotatable bonds is 4. The highest BCUT2D eigenvalue weighted by Crippen LogP contribution is 2.13. The van der Waals surface area contributed by atoms with Gasteiger partial charge in [-0.05, 0) is 25.0 Å². The standard InChI is InChI=1S/C17H21N3O4/c1-24-12-6-9-19(10-7-12)15(21)8-11-20-17(23)14-5-3-2-4-13(14)16(22)18-20/h2-5,12H,6-11H2,1H3,(H,18,22). The van der Waals surface area contributed by atoms with E-state index in [1.807, 2.05) is 0 Å². The fourth-order valence-corrected chi connectivity index (χ4v) is 3.11. The Balaban J connectivity index is 1.70. The number of H-pyrrole nitrogens is 1. The van der Waals surface area contributed by atoms with E-state index in [0.717, 1.165) is 12.8 Å². The Morgan fingerprint density at radius 3 is 2.54 bits per heavy atom. The van der Waals surface area contributed by atoms with Gasteiger partial charge in [0.15, 0.2) is 0 Å². The highest BCUT2D eigenvalue weighted by Gasteiger charge is 2.22. The second kappa shape index (κ2) is 7.00. The lowest BCUT2D eigenvalue weighted by Gasteiger charge is -2.31. The quantitative estimate of drug-likeness (QED) is 0.894. The van der Waals surface area contributed by atoms with E-state index < -0.39 is 0 Å². The molecule has 0 bridgehead atoms. The molecule has 0 atom stereocenters. The van der Waals surface area contributed by atoms with E-state index in [9.17, 15) is 14.4 Å². The third-order valence-electron chi connectivity index (χ3n) is 4.56. The molecule has 1 N–H and O–H groups in total. The smallest absolute Gasteiger partial charge is 0.273 e. The molecular formula is C17H21N3O4. The van der Waals surface area contributed by atoms with E-state index in [1.54, 1.807) is 36.3 Å². The van der Waals surface area contributed by atoms with Crippen molar-refractivity contribution in [1.29, 1.82) is 0 Å². The summed E-state index contributed by atoms with van der Waals surface area (Å²) >= 11 is 0. The van der Waals surface area contributed by atoms with Gasteiger partial charge in [0, 0.05) is 26.6 Å². The van der Waals surface area contributed by atoms with Crippen molar-refractivity contribution >= 4 is 16.7 Å². The lowest BCUT2D eigenvalue weighted by Crippen LogP contribution is -2.41. The van der Waals surface area contributed by atoms with Gasteiger partial charge in [0.2, 0.25) is 5.91 Å². The largest absolute Gasteiger partial charge is 0.381 e. The van der Waals surface area contributed by atoms with Crippen molar-refractivity contribution in [3.8, 4) is 0 Å². The molecule has 1 amide bonds. The number of fused-ring (bicyclic) bond motifs is 1. The number of piperidine rings is 1. The van der Waals surface area contributed by atoms with E-state index in [0.29, 0.717) is 23.9 Å². The van der Waals surface area contributed by atoms with Crippen LogP contribution in [0.15, 0.2) is 33.9 Å². The average Bonchev–Trinajstić information content (AvgIpc) is 2.63. The van der Waals surface area contributed by atoms with Crippen LogP contribution in [0.5, 0.6) is 0 Å². The maximum Gasteiger partial charge on any atom is 0.273 e. The first-order valence-corrected chi connectivity index (χ1v) is 8.12. The molecule has 0 aliphatic carbocycles. The molecule has 1 aromatic carbocycles. The molecule has 0 spiro atoms. The average molecular weight is 331 g/mol. The van der Waals surface area contributed by atoms with Gasteiger partial charge < -0.3 is 9.64 Å². The van der Waals surface area contributed by atoms with Gasteiger partial charge in [-0.15, -0.1) is 0 Å². The van der Waals surface area contributed by atoms with Crippen LogP contribution in [0.25, 0.3) is 10.8 Å². The number of aromatic nitrogens is 2. The van der Waals surface area contributed by atoms with Crippen LogP contribution in [-0.2, 0) is 16.1 Å². The summed E-state index contributed by atoms with van der Waals surface area (Å²) in [7, 11) is 1.69. The predicted molar refractivity (Wildman–Crippen MR) is 90.1 cm³/mol. The first kappa shape index (κ1) is 16.4. The minimum Gasteiger partial charge on any atom is -0.381 e. The number of nitrogens with zero attached hydrogens (tertiary/aromatic N) is 2. The van der Waals surface area contributed by atoms with Crippen LogP contribution in [0.2, 0.25) is 0 Å². The van der Waals surface area contributed by atoms with E-state index >= 15 is 0 Å². The molecule has 0 radical (unpaired) electrons. The maximum atomic E-state index is 12.4. The van der Waals surface area contributed by atoms with E-state index in [4.69, 9.17) is 4.74 Å². The molecule has 24 heavy (non-hydrogen) atoms. The van der Waals surface area contributed by atoms with Gasteiger partial charge in [-0.2, -0.15) is 0 Å². The number of amides is 1. The molecule has 2 heterocycles. The number of likely N-dealkylation sites (tertiary alicyclic amines) is 1. The number of carbonyl (C=O) groups is 1. The number of ether oxygens (including phenoxy) is 1. The number of hydrogen-bond acceptors (Lipinski definition) is 4. The lowest BCUT2D eigenvalue weighted by atomic mass is 10.1. The zero-order chi connectivity index (χ0) is 17.1. The Morgan fingerprint density at radius 2 is 1.88 bits per heavy atom. The zero-order valence-electron chi connectivity index (χ0n) is 13.7. The Bertz CT molecular complexity index is 847. The minimum atomic E-state index is -0.321. The molecule has 1 saturated heterocycles. The van der Waals surface area contributed by atoms with Crippen molar-refractivity contribution in [3.05, 3.63) is 45.0 Å². The molecule has 7 nitrogen and oxygen atoms in total. The van der Waals surface area contributed by atoms with Crippen molar-refractivity contribution < 1.29 is 9.53 Å². The number of aromatic amines is 1. The van der Waals surface area contributed by atoms with Gasteiger partial charge >= 0.3 is 0 Å². The van der Waals surface area contributed by atoms with Crippen LogP contribution in [0.1, 0.15) is 19.3 Å². The lowest BCUT2D eigenvalue weighted by molar-refractivity contribution is -0.133. The second-order valence-corrected chi connectivity index (χ2v) is 6.01. The Kier molecular flexibility index (Phi) is 4.80. The normalized spacial score (nSPS) is 15.8. The number of benzene rings is 1. The van der Waals surface area contributed by atoms with Gasteiger partial charge in [0.25, 0.3) is 11.1 Å². The fourth-order valence-electron chi connectivity index (χ4n) is 3.11. The predicted octanol–water partition coefficient (Wildman–Crippen LogP) is 0.717. The van der Waals surface area contributed by atoms with Gasteiger partial charge in [-0.25, -0.2) is 4.68 Å². The maximum absolute atomic E-state index is 12.4. The van der Waals surface area contributed by atoms with E-state index in [2.05, 4.69) is 5.10 Å². The monoisotopic (exact) mass is 331 g/mol. The van der Waals surface area contributed by atoms with E-state index in [1.165, 1.54) is 4.68 Å². The molecule has 0 unspecified atom stereocenters.